The van der Waals surface area contributed by atoms with Gasteiger partial charge in [-0.3, -0.25) is 4.90 Å². The van der Waals surface area contributed by atoms with Crippen molar-refractivity contribution in [3.05, 3.63) is 23.8 Å². The third-order valence-corrected chi connectivity index (χ3v) is 4.59. The van der Waals surface area contributed by atoms with E-state index < -0.39 is 15.9 Å². The first-order valence-electron chi connectivity index (χ1n) is 5.64. The molecule has 0 aliphatic carbocycles. The number of hydrogen-bond donors (Lipinski definition) is 0. The molecule has 0 N–H and O–H groups in total. The Balaban J connectivity index is 2.16. The Bertz CT molecular complexity index is 548. The van der Waals surface area contributed by atoms with E-state index in [1.807, 2.05) is 4.90 Å². The number of sulfone groups is 1. The van der Waals surface area contributed by atoms with E-state index in [9.17, 15) is 13.7 Å². The molecule has 1 fully saturated rings. The Hall–Kier alpha value is -1.52. The van der Waals surface area contributed by atoms with Gasteiger partial charge >= 0.3 is 0 Å². The molecule has 0 amide bonds. The minimum atomic E-state index is -2.93. The van der Waals surface area contributed by atoms with Crippen molar-refractivity contribution in [2.75, 3.05) is 24.6 Å². The molecule has 7 heteroatoms. The largest absolute Gasteiger partial charge is 0.282 e. The summed E-state index contributed by atoms with van der Waals surface area (Å²) in [4.78, 5) is 9.98. The number of hydrogen-bond acceptors (Lipinski definition) is 6. The minimum absolute atomic E-state index is 0.109. The molecule has 1 saturated heterocycles. The SMILES string of the molecule is Cc1ncc(C(C#N)N2CCS(=O)(=O)CC2)cn1. The van der Waals surface area contributed by atoms with Crippen LogP contribution in [0.25, 0.3) is 0 Å². The van der Waals surface area contributed by atoms with E-state index in [4.69, 9.17) is 0 Å². The number of rotatable bonds is 2. The summed E-state index contributed by atoms with van der Waals surface area (Å²) in [6.07, 6.45) is 3.25. The van der Waals surface area contributed by atoms with Gasteiger partial charge in [0.1, 0.15) is 11.9 Å². The molecular weight excluding hydrogens is 252 g/mol. The van der Waals surface area contributed by atoms with Crippen LogP contribution in [0.15, 0.2) is 12.4 Å². The zero-order valence-electron chi connectivity index (χ0n) is 10.1. The summed E-state index contributed by atoms with van der Waals surface area (Å²) in [6, 6.07) is 1.71. The van der Waals surface area contributed by atoms with E-state index >= 15 is 0 Å². The molecule has 0 bridgehead atoms. The van der Waals surface area contributed by atoms with Crippen molar-refractivity contribution in [1.29, 1.82) is 5.26 Å². The predicted molar refractivity (Wildman–Crippen MR) is 65.3 cm³/mol. The summed E-state index contributed by atoms with van der Waals surface area (Å²) >= 11 is 0. The highest BCUT2D eigenvalue weighted by molar-refractivity contribution is 7.91. The summed E-state index contributed by atoms with van der Waals surface area (Å²) in [6.45, 7) is 2.54. The maximum Gasteiger partial charge on any atom is 0.152 e. The van der Waals surface area contributed by atoms with Crippen LogP contribution in [0.1, 0.15) is 17.4 Å². The Kier molecular flexibility index (Phi) is 3.59. The van der Waals surface area contributed by atoms with Crippen molar-refractivity contribution in [3.63, 3.8) is 0 Å². The summed E-state index contributed by atoms with van der Waals surface area (Å²) in [5.74, 6) is 0.868. The van der Waals surface area contributed by atoms with Crippen LogP contribution in [-0.2, 0) is 9.84 Å². The highest BCUT2D eigenvalue weighted by atomic mass is 32.2. The van der Waals surface area contributed by atoms with Crippen LogP contribution in [0.3, 0.4) is 0 Å². The lowest BCUT2D eigenvalue weighted by atomic mass is 10.1. The Morgan fingerprint density at radius 1 is 1.33 bits per heavy atom. The van der Waals surface area contributed by atoms with Crippen molar-refractivity contribution >= 4 is 9.84 Å². The lowest BCUT2D eigenvalue weighted by Crippen LogP contribution is -2.42. The average molecular weight is 266 g/mol. The van der Waals surface area contributed by atoms with Gasteiger partial charge in [0.25, 0.3) is 0 Å². The average Bonchev–Trinajstić information content (AvgIpc) is 2.34. The van der Waals surface area contributed by atoms with Gasteiger partial charge in [-0.05, 0) is 6.92 Å². The first kappa shape index (κ1) is 12.9. The lowest BCUT2D eigenvalue weighted by molar-refractivity contribution is 0.255. The van der Waals surface area contributed by atoms with Crippen molar-refractivity contribution < 1.29 is 8.42 Å². The van der Waals surface area contributed by atoms with Gasteiger partial charge in [0.15, 0.2) is 9.84 Å². The fraction of sp³-hybridized carbons (Fsp3) is 0.545. The van der Waals surface area contributed by atoms with Crippen LogP contribution in [0, 0.1) is 18.3 Å². The van der Waals surface area contributed by atoms with Gasteiger partial charge < -0.3 is 0 Å². The lowest BCUT2D eigenvalue weighted by Gasteiger charge is -2.30. The van der Waals surface area contributed by atoms with Crippen LogP contribution in [0.5, 0.6) is 0 Å². The van der Waals surface area contributed by atoms with E-state index in [1.54, 1.807) is 19.3 Å². The summed E-state index contributed by atoms with van der Waals surface area (Å²) in [7, 11) is -2.93. The van der Waals surface area contributed by atoms with Crippen LogP contribution in [0.2, 0.25) is 0 Å². The second kappa shape index (κ2) is 5.00. The van der Waals surface area contributed by atoms with Crippen molar-refractivity contribution in [1.82, 2.24) is 14.9 Å². The molecule has 1 aliphatic heterocycles. The molecule has 96 valence electrons. The quantitative estimate of drug-likeness (QED) is 0.753. The maximum atomic E-state index is 11.4. The Morgan fingerprint density at radius 3 is 2.39 bits per heavy atom. The van der Waals surface area contributed by atoms with Gasteiger partial charge in [0.05, 0.1) is 17.6 Å². The predicted octanol–water partition coefficient (Wildman–Crippen LogP) is 0.0801. The molecule has 18 heavy (non-hydrogen) atoms. The maximum absolute atomic E-state index is 11.4. The van der Waals surface area contributed by atoms with Crippen LogP contribution in [0.4, 0.5) is 0 Å². The fourth-order valence-corrected chi connectivity index (χ4v) is 3.13. The first-order chi connectivity index (χ1) is 8.52. The molecule has 0 spiro atoms. The fourth-order valence-electron chi connectivity index (χ4n) is 1.90. The highest BCUT2D eigenvalue weighted by Crippen LogP contribution is 2.20. The van der Waals surface area contributed by atoms with Gasteiger partial charge in [-0.15, -0.1) is 0 Å². The monoisotopic (exact) mass is 266 g/mol. The van der Waals surface area contributed by atoms with E-state index in [0.717, 1.165) is 0 Å². The smallest absolute Gasteiger partial charge is 0.152 e. The normalized spacial score (nSPS) is 21.1. The van der Waals surface area contributed by atoms with E-state index in [-0.39, 0.29) is 11.5 Å². The van der Waals surface area contributed by atoms with E-state index in [0.29, 0.717) is 24.5 Å². The van der Waals surface area contributed by atoms with Crippen molar-refractivity contribution in [3.8, 4) is 6.07 Å². The van der Waals surface area contributed by atoms with E-state index in [2.05, 4.69) is 16.0 Å². The zero-order valence-corrected chi connectivity index (χ0v) is 10.9. The van der Waals surface area contributed by atoms with Gasteiger partial charge in [0, 0.05) is 31.0 Å². The third-order valence-electron chi connectivity index (χ3n) is 2.98. The molecule has 2 rings (SSSR count). The zero-order chi connectivity index (χ0) is 13.2. The molecule has 0 aromatic carbocycles. The second-order valence-electron chi connectivity index (χ2n) is 4.28. The highest BCUT2D eigenvalue weighted by Gasteiger charge is 2.28. The van der Waals surface area contributed by atoms with Crippen LogP contribution < -0.4 is 0 Å². The van der Waals surface area contributed by atoms with Gasteiger partial charge in [-0.25, -0.2) is 18.4 Å². The third kappa shape index (κ3) is 2.83. The summed E-state index contributed by atoms with van der Waals surface area (Å²) in [5.41, 5.74) is 0.711. The molecule has 1 aliphatic rings. The van der Waals surface area contributed by atoms with Gasteiger partial charge in [-0.2, -0.15) is 5.26 Å². The molecule has 2 heterocycles. The topological polar surface area (TPSA) is 87.0 Å². The van der Waals surface area contributed by atoms with Crippen LogP contribution >= 0.6 is 0 Å². The molecule has 1 aromatic heterocycles. The number of aromatic nitrogens is 2. The molecule has 1 aromatic rings. The molecule has 0 radical (unpaired) electrons. The van der Waals surface area contributed by atoms with Crippen LogP contribution in [-0.4, -0.2) is 47.9 Å². The molecule has 1 atom stereocenters. The molecular formula is C11H14N4O2S. The van der Waals surface area contributed by atoms with Crippen molar-refractivity contribution in [2.24, 2.45) is 0 Å². The van der Waals surface area contributed by atoms with Gasteiger partial charge in [-0.1, -0.05) is 0 Å². The number of nitriles is 1. The van der Waals surface area contributed by atoms with E-state index in [1.165, 1.54) is 0 Å². The molecule has 0 saturated carbocycles. The Labute approximate surface area is 106 Å². The first-order valence-corrected chi connectivity index (χ1v) is 7.46. The second-order valence-corrected chi connectivity index (χ2v) is 6.59. The Morgan fingerprint density at radius 2 is 1.89 bits per heavy atom. The standard InChI is InChI=1S/C11H14N4O2S/c1-9-13-7-10(8-14-9)11(6-12)15-2-4-18(16,17)5-3-15/h7-8,11H,2-5H2,1H3. The number of aryl methyl sites for hydroxylation is 1. The summed E-state index contributed by atoms with van der Waals surface area (Å²) in [5, 5.41) is 9.23. The van der Waals surface area contributed by atoms with Crippen molar-refractivity contribution in [2.45, 2.75) is 13.0 Å². The van der Waals surface area contributed by atoms with Gasteiger partial charge in [0.2, 0.25) is 0 Å². The summed E-state index contributed by atoms with van der Waals surface area (Å²) < 4.78 is 22.7. The molecule has 1 unspecified atom stereocenters. The molecule has 6 nitrogen and oxygen atoms in total. The number of nitrogens with zero attached hydrogens (tertiary/aromatic N) is 4. The minimum Gasteiger partial charge on any atom is -0.282 e.